The van der Waals surface area contributed by atoms with Crippen molar-refractivity contribution in [2.75, 3.05) is 0 Å². The van der Waals surface area contributed by atoms with Gasteiger partial charge in [0.15, 0.2) is 0 Å². The predicted octanol–water partition coefficient (Wildman–Crippen LogP) is 5.71. The Morgan fingerprint density at radius 1 is 1.05 bits per heavy atom. The third kappa shape index (κ3) is 3.95. The third-order valence-corrected chi connectivity index (χ3v) is 5.33. The molecular weight excluding hydrogens is 321 g/mol. The first kappa shape index (κ1) is 16.7. The van der Waals surface area contributed by atoms with Crippen LogP contribution in [-0.2, 0) is 0 Å². The third-order valence-electron chi connectivity index (χ3n) is 3.98. The van der Waals surface area contributed by atoms with Crippen molar-refractivity contribution >= 4 is 35.8 Å². The summed E-state index contributed by atoms with van der Waals surface area (Å²) in [6, 6.07) is 16.6. The van der Waals surface area contributed by atoms with Crippen LogP contribution < -0.4 is 5.73 Å². The zero-order valence-corrected chi connectivity index (χ0v) is 14.1. The van der Waals surface area contributed by atoms with Gasteiger partial charge in [-0.25, -0.2) is 0 Å². The fraction of sp³-hybridized carbons (Fsp3) is 0.294. The zero-order valence-electron chi connectivity index (χ0n) is 11.7. The van der Waals surface area contributed by atoms with Gasteiger partial charge in [-0.1, -0.05) is 48.0 Å². The van der Waals surface area contributed by atoms with E-state index in [-0.39, 0.29) is 18.4 Å². The van der Waals surface area contributed by atoms with E-state index in [2.05, 4.69) is 36.4 Å². The molecule has 1 fully saturated rings. The fourth-order valence-corrected chi connectivity index (χ4v) is 3.65. The highest BCUT2D eigenvalue weighted by Crippen LogP contribution is 2.40. The summed E-state index contributed by atoms with van der Waals surface area (Å²) in [4.78, 5) is 2.46. The first-order valence-electron chi connectivity index (χ1n) is 7.02. The van der Waals surface area contributed by atoms with Gasteiger partial charge in [0.1, 0.15) is 0 Å². The van der Waals surface area contributed by atoms with Gasteiger partial charge in [-0.15, -0.1) is 12.4 Å². The largest absolute Gasteiger partial charge is 0.324 e. The minimum absolute atomic E-state index is 0. The minimum atomic E-state index is 0. The van der Waals surface area contributed by atoms with E-state index in [1.54, 1.807) is 11.8 Å². The summed E-state index contributed by atoms with van der Waals surface area (Å²) in [5.74, 6) is 0.655. The van der Waals surface area contributed by atoms with Gasteiger partial charge in [-0.2, -0.15) is 0 Å². The molecule has 4 heteroatoms. The van der Waals surface area contributed by atoms with E-state index in [9.17, 15) is 0 Å². The molecule has 0 bridgehead atoms. The normalized spacial score (nSPS) is 15.9. The maximum absolute atomic E-state index is 6.44. The van der Waals surface area contributed by atoms with Gasteiger partial charge >= 0.3 is 0 Å². The Morgan fingerprint density at radius 2 is 1.71 bits per heavy atom. The molecule has 0 saturated heterocycles. The molecule has 1 nitrogen and oxygen atoms in total. The number of hydrogen-bond acceptors (Lipinski definition) is 2. The lowest BCUT2D eigenvalue weighted by Crippen LogP contribution is -2.27. The van der Waals surface area contributed by atoms with Gasteiger partial charge < -0.3 is 5.73 Å². The van der Waals surface area contributed by atoms with Crippen molar-refractivity contribution in [1.29, 1.82) is 0 Å². The van der Waals surface area contributed by atoms with Crippen LogP contribution in [0.1, 0.15) is 30.9 Å². The van der Waals surface area contributed by atoms with Crippen LogP contribution in [0.4, 0.5) is 0 Å². The SMILES string of the molecule is Cl.N[C@H](c1ccccc1Sc1ccc(Cl)cc1)C1CCC1. The maximum atomic E-state index is 6.44. The molecule has 0 aromatic heterocycles. The summed E-state index contributed by atoms with van der Waals surface area (Å²) in [6.07, 6.45) is 3.85. The molecule has 0 radical (unpaired) electrons. The van der Waals surface area contributed by atoms with Crippen molar-refractivity contribution in [3.63, 3.8) is 0 Å². The number of hydrogen-bond donors (Lipinski definition) is 1. The lowest BCUT2D eigenvalue weighted by Gasteiger charge is -2.32. The van der Waals surface area contributed by atoms with Crippen LogP contribution in [0.2, 0.25) is 5.02 Å². The topological polar surface area (TPSA) is 26.0 Å². The Hall–Kier alpha value is -0.670. The molecule has 2 N–H and O–H groups in total. The predicted molar refractivity (Wildman–Crippen MR) is 93.5 cm³/mol. The average molecular weight is 340 g/mol. The molecule has 0 spiro atoms. The molecule has 1 atom stereocenters. The fourth-order valence-electron chi connectivity index (χ4n) is 2.53. The van der Waals surface area contributed by atoms with Crippen molar-refractivity contribution in [3.05, 3.63) is 59.1 Å². The van der Waals surface area contributed by atoms with Crippen LogP contribution in [0.15, 0.2) is 58.3 Å². The second-order valence-electron chi connectivity index (χ2n) is 5.31. The Morgan fingerprint density at radius 3 is 2.33 bits per heavy atom. The Labute approximate surface area is 141 Å². The van der Waals surface area contributed by atoms with E-state index in [1.807, 2.05) is 12.1 Å². The second kappa shape index (κ2) is 7.55. The van der Waals surface area contributed by atoms with Gasteiger partial charge in [0.05, 0.1) is 0 Å². The van der Waals surface area contributed by atoms with Gasteiger partial charge in [0, 0.05) is 20.9 Å². The molecule has 0 heterocycles. The van der Waals surface area contributed by atoms with Crippen LogP contribution in [-0.4, -0.2) is 0 Å². The molecule has 1 aliphatic carbocycles. The molecule has 0 unspecified atom stereocenters. The van der Waals surface area contributed by atoms with E-state index >= 15 is 0 Å². The summed E-state index contributed by atoms with van der Waals surface area (Å²) in [5.41, 5.74) is 7.72. The van der Waals surface area contributed by atoms with Gasteiger partial charge in [0.2, 0.25) is 0 Å². The van der Waals surface area contributed by atoms with Crippen molar-refractivity contribution < 1.29 is 0 Å². The number of benzene rings is 2. The lowest BCUT2D eigenvalue weighted by molar-refractivity contribution is 0.262. The van der Waals surface area contributed by atoms with E-state index in [0.717, 1.165) is 5.02 Å². The Balaban J connectivity index is 0.00000161. The van der Waals surface area contributed by atoms with Crippen LogP contribution in [0.5, 0.6) is 0 Å². The summed E-state index contributed by atoms with van der Waals surface area (Å²) in [5, 5.41) is 0.772. The second-order valence-corrected chi connectivity index (χ2v) is 6.86. The van der Waals surface area contributed by atoms with Crippen LogP contribution in [0.25, 0.3) is 0 Å². The summed E-state index contributed by atoms with van der Waals surface area (Å²) >= 11 is 7.70. The lowest BCUT2D eigenvalue weighted by atomic mass is 9.77. The Kier molecular flexibility index (Phi) is 6.00. The van der Waals surface area contributed by atoms with Crippen molar-refractivity contribution in [2.45, 2.75) is 35.1 Å². The van der Waals surface area contributed by atoms with E-state index in [0.29, 0.717) is 5.92 Å². The van der Waals surface area contributed by atoms with Gasteiger partial charge in [0.25, 0.3) is 0 Å². The number of nitrogens with two attached hydrogens (primary N) is 1. The van der Waals surface area contributed by atoms with E-state index in [1.165, 1.54) is 34.6 Å². The summed E-state index contributed by atoms with van der Waals surface area (Å²) < 4.78 is 0. The minimum Gasteiger partial charge on any atom is -0.324 e. The van der Waals surface area contributed by atoms with E-state index < -0.39 is 0 Å². The monoisotopic (exact) mass is 339 g/mol. The van der Waals surface area contributed by atoms with Crippen LogP contribution in [0.3, 0.4) is 0 Å². The molecule has 0 amide bonds. The average Bonchev–Trinajstić information content (AvgIpc) is 2.40. The first-order chi connectivity index (χ1) is 9.74. The Bertz CT molecular complexity index is 582. The standard InChI is InChI=1S/C17H18ClNS.ClH/c18-13-8-10-14(11-9-13)20-16-7-2-1-6-15(16)17(19)12-4-3-5-12;/h1-2,6-12,17H,3-5,19H2;1H/t17-;/m0./s1. The smallest absolute Gasteiger partial charge is 0.0406 e. The number of halogens is 2. The van der Waals surface area contributed by atoms with Crippen molar-refractivity contribution in [2.24, 2.45) is 11.7 Å². The van der Waals surface area contributed by atoms with Crippen LogP contribution >= 0.6 is 35.8 Å². The highest BCUT2D eigenvalue weighted by atomic mass is 35.5. The highest BCUT2D eigenvalue weighted by molar-refractivity contribution is 7.99. The first-order valence-corrected chi connectivity index (χ1v) is 8.21. The quantitative estimate of drug-likeness (QED) is 0.771. The summed E-state index contributed by atoms with van der Waals surface area (Å²) in [6.45, 7) is 0. The van der Waals surface area contributed by atoms with Crippen LogP contribution in [0, 0.1) is 5.92 Å². The van der Waals surface area contributed by atoms with E-state index in [4.69, 9.17) is 17.3 Å². The molecule has 21 heavy (non-hydrogen) atoms. The molecular formula is C17H19Cl2NS. The number of rotatable bonds is 4. The molecule has 2 aromatic carbocycles. The highest BCUT2D eigenvalue weighted by Gasteiger charge is 2.26. The molecule has 112 valence electrons. The molecule has 1 aliphatic rings. The molecule has 1 saturated carbocycles. The maximum Gasteiger partial charge on any atom is 0.0406 e. The zero-order chi connectivity index (χ0) is 13.9. The summed E-state index contributed by atoms with van der Waals surface area (Å²) in [7, 11) is 0. The van der Waals surface area contributed by atoms with Crippen molar-refractivity contribution in [3.8, 4) is 0 Å². The van der Waals surface area contributed by atoms with Gasteiger partial charge in [-0.05, 0) is 54.7 Å². The van der Waals surface area contributed by atoms with Gasteiger partial charge in [-0.3, -0.25) is 0 Å². The molecule has 3 rings (SSSR count). The molecule has 2 aromatic rings. The molecule has 0 aliphatic heterocycles. The van der Waals surface area contributed by atoms with Crippen molar-refractivity contribution in [1.82, 2.24) is 0 Å².